The summed E-state index contributed by atoms with van der Waals surface area (Å²) in [5.41, 5.74) is 1.14. The molecule has 0 saturated carbocycles. The average molecular weight is 265 g/mol. The molecule has 1 aromatic carbocycles. The largest absolute Gasteiger partial charge is 0.354 e. The lowest BCUT2D eigenvalue weighted by Crippen LogP contribution is -2.30. The van der Waals surface area contributed by atoms with E-state index >= 15 is 0 Å². The van der Waals surface area contributed by atoms with Crippen molar-refractivity contribution >= 4 is 28.4 Å². The van der Waals surface area contributed by atoms with Gasteiger partial charge in [0.05, 0.1) is 0 Å². The SMILES string of the molecule is CC(C)C(=O)NCCn1ccc2cc(Cl)ccc21. The Kier molecular flexibility index (Phi) is 3.92. The first-order valence-electron chi connectivity index (χ1n) is 6.10. The minimum Gasteiger partial charge on any atom is -0.354 e. The predicted molar refractivity (Wildman–Crippen MR) is 74.8 cm³/mol. The third-order valence-corrected chi connectivity index (χ3v) is 3.14. The Morgan fingerprint density at radius 1 is 1.39 bits per heavy atom. The molecule has 1 N–H and O–H groups in total. The van der Waals surface area contributed by atoms with Gasteiger partial charge in [-0.15, -0.1) is 0 Å². The summed E-state index contributed by atoms with van der Waals surface area (Å²) in [6, 6.07) is 7.86. The van der Waals surface area contributed by atoms with Crippen LogP contribution in [0.4, 0.5) is 0 Å². The third-order valence-electron chi connectivity index (χ3n) is 2.91. The molecule has 0 atom stereocenters. The van der Waals surface area contributed by atoms with Crippen LogP contribution in [0.15, 0.2) is 30.5 Å². The van der Waals surface area contributed by atoms with Crippen LogP contribution < -0.4 is 5.32 Å². The molecule has 0 bridgehead atoms. The topological polar surface area (TPSA) is 34.0 Å². The summed E-state index contributed by atoms with van der Waals surface area (Å²) in [6.07, 6.45) is 2.02. The van der Waals surface area contributed by atoms with Gasteiger partial charge < -0.3 is 9.88 Å². The zero-order valence-electron chi connectivity index (χ0n) is 10.6. The number of rotatable bonds is 4. The van der Waals surface area contributed by atoms with Crippen LogP contribution in [-0.2, 0) is 11.3 Å². The molecule has 0 spiro atoms. The van der Waals surface area contributed by atoms with E-state index in [0.717, 1.165) is 22.5 Å². The molecule has 0 aliphatic heterocycles. The van der Waals surface area contributed by atoms with E-state index in [0.29, 0.717) is 6.54 Å². The molecule has 96 valence electrons. The first kappa shape index (κ1) is 13.0. The highest BCUT2D eigenvalue weighted by Crippen LogP contribution is 2.20. The smallest absolute Gasteiger partial charge is 0.222 e. The van der Waals surface area contributed by atoms with E-state index in [1.165, 1.54) is 0 Å². The van der Waals surface area contributed by atoms with Crippen molar-refractivity contribution in [3.05, 3.63) is 35.5 Å². The van der Waals surface area contributed by atoms with Gasteiger partial charge in [-0.1, -0.05) is 25.4 Å². The highest BCUT2D eigenvalue weighted by molar-refractivity contribution is 6.31. The first-order valence-corrected chi connectivity index (χ1v) is 6.48. The zero-order chi connectivity index (χ0) is 13.1. The van der Waals surface area contributed by atoms with Gasteiger partial charge in [0.1, 0.15) is 0 Å². The molecule has 2 aromatic rings. The average Bonchev–Trinajstić information content (AvgIpc) is 2.71. The molecule has 1 aromatic heterocycles. The number of nitrogens with zero attached hydrogens (tertiary/aromatic N) is 1. The number of hydrogen-bond donors (Lipinski definition) is 1. The summed E-state index contributed by atoms with van der Waals surface area (Å²) >= 11 is 5.94. The van der Waals surface area contributed by atoms with E-state index in [2.05, 4.69) is 9.88 Å². The maximum absolute atomic E-state index is 11.4. The monoisotopic (exact) mass is 264 g/mol. The van der Waals surface area contributed by atoms with Crippen LogP contribution in [0.1, 0.15) is 13.8 Å². The van der Waals surface area contributed by atoms with Crippen molar-refractivity contribution in [2.75, 3.05) is 6.54 Å². The molecular formula is C14H17ClN2O. The van der Waals surface area contributed by atoms with Crippen molar-refractivity contribution in [3.8, 4) is 0 Å². The van der Waals surface area contributed by atoms with Crippen molar-refractivity contribution in [1.82, 2.24) is 9.88 Å². The Balaban J connectivity index is 2.02. The van der Waals surface area contributed by atoms with E-state index in [9.17, 15) is 4.79 Å². The van der Waals surface area contributed by atoms with Gasteiger partial charge in [-0.05, 0) is 24.3 Å². The zero-order valence-corrected chi connectivity index (χ0v) is 11.4. The van der Waals surface area contributed by atoms with Crippen LogP contribution in [0.3, 0.4) is 0 Å². The number of halogens is 1. The van der Waals surface area contributed by atoms with E-state index in [-0.39, 0.29) is 11.8 Å². The van der Waals surface area contributed by atoms with Crippen LogP contribution in [0.2, 0.25) is 5.02 Å². The van der Waals surface area contributed by atoms with Crippen molar-refractivity contribution in [2.24, 2.45) is 5.92 Å². The molecule has 0 saturated heterocycles. The van der Waals surface area contributed by atoms with Gasteiger partial charge in [0.25, 0.3) is 0 Å². The number of aromatic nitrogens is 1. The molecule has 0 aliphatic rings. The molecule has 0 aliphatic carbocycles. The maximum Gasteiger partial charge on any atom is 0.222 e. The van der Waals surface area contributed by atoms with E-state index in [1.54, 1.807) is 0 Å². The molecular weight excluding hydrogens is 248 g/mol. The van der Waals surface area contributed by atoms with Crippen LogP contribution in [0, 0.1) is 5.92 Å². The Hall–Kier alpha value is -1.48. The number of benzene rings is 1. The van der Waals surface area contributed by atoms with E-state index in [1.807, 2.05) is 44.3 Å². The van der Waals surface area contributed by atoms with Crippen LogP contribution >= 0.6 is 11.6 Å². The van der Waals surface area contributed by atoms with Crippen molar-refractivity contribution < 1.29 is 4.79 Å². The van der Waals surface area contributed by atoms with Gasteiger partial charge in [0, 0.05) is 41.1 Å². The van der Waals surface area contributed by atoms with Gasteiger partial charge >= 0.3 is 0 Å². The van der Waals surface area contributed by atoms with Crippen LogP contribution in [-0.4, -0.2) is 17.0 Å². The second-order valence-electron chi connectivity index (χ2n) is 4.66. The van der Waals surface area contributed by atoms with Crippen LogP contribution in [0.5, 0.6) is 0 Å². The lowest BCUT2D eigenvalue weighted by molar-refractivity contribution is -0.123. The Morgan fingerprint density at radius 2 is 2.17 bits per heavy atom. The van der Waals surface area contributed by atoms with E-state index < -0.39 is 0 Å². The molecule has 2 rings (SSSR count). The fourth-order valence-corrected chi connectivity index (χ4v) is 2.05. The molecule has 0 unspecified atom stereocenters. The number of hydrogen-bond acceptors (Lipinski definition) is 1. The quantitative estimate of drug-likeness (QED) is 0.905. The number of amides is 1. The lowest BCUT2D eigenvalue weighted by atomic mass is 10.2. The Bertz CT molecular complexity index is 560. The number of fused-ring (bicyclic) bond motifs is 1. The van der Waals surface area contributed by atoms with Crippen molar-refractivity contribution in [2.45, 2.75) is 20.4 Å². The summed E-state index contributed by atoms with van der Waals surface area (Å²) < 4.78 is 2.12. The Labute approximate surface area is 112 Å². The number of carbonyl (C=O) groups excluding carboxylic acids is 1. The lowest BCUT2D eigenvalue weighted by Gasteiger charge is -2.09. The third kappa shape index (κ3) is 2.85. The predicted octanol–water partition coefficient (Wildman–Crippen LogP) is 3.07. The minimum atomic E-state index is 0.0326. The standard InChI is InChI=1S/C14H17ClN2O/c1-10(2)14(18)16-6-8-17-7-5-11-9-12(15)3-4-13(11)17/h3-5,7,9-10H,6,8H2,1-2H3,(H,16,18). The summed E-state index contributed by atoms with van der Waals surface area (Å²) in [5.74, 6) is 0.125. The van der Waals surface area contributed by atoms with Gasteiger partial charge in [0.2, 0.25) is 5.91 Å². The fraction of sp³-hybridized carbons (Fsp3) is 0.357. The molecule has 0 fully saturated rings. The first-order chi connectivity index (χ1) is 8.58. The Morgan fingerprint density at radius 3 is 2.89 bits per heavy atom. The molecule has 0 radical (unpaired) electrons. The number of nitrogens with one attached hydrogen (secondary N) is 1. The van der Waals surface area contributed by atoms with E-state index in [4.69, 9.17) is 11.6 Å². The second-order valence-corrected chi connectivity index (χ2v) is 5.09. The van der Waals surface area contributed by atoms with Gasteiger partial charge in [-0.2, -0.15) is 0 Å². The highest BCUT2D eigenvalue weighted by Gasteiger charge is 2.06. The van der Waals surface area contributed by atoms with Gasteiger partial charge in [-0.3, -0.25) is 4.79 Å². The summed E-state index contributed by atoms with van der Waals surface area (Å²) in [6.45, 7) is 5.19. The molecule has 1 heterocycles. The number of carbonyl (C=O) groups is 1. The molecule has 3 nitrogen and oxygen atoms in total. The fourth-order valence-electron chi connectivity index (χ4n) is 1.87. The second kappa shape index (κ2) is 5.44. The van der Waals surface area contributed by atoms with Crippen molar-refractivity contribution in [1.29, 1.82) is 0 Å². The summed E-state index contributed by atoms with van der Waals surface area (Å²) in [7, 11) is 0. The van der Waals surface area contributed by atoms with Gasteiger partial charge in [0.15, 0.2) is 0 Å². The molecule has 4 heteroatoms. The highest BCUT2D eigenvalue weighted by atomic mass is 35.5. The summed E-state index contributed by atoms with van der Waals surface area (Å²) in [5, 5.41) is 4.78. The minimum absolute atomic E-state index is 0.0326. The van der Waals surface area contributed by atoms with Gasteiger partial charge in [-0.25, -0.2) is 0 Å². The molecule has 18 heavy (non-hydrogen) atoms. The summed E-state index contributed by atoms with van der Waals surface area (Å²) in [4.78, 5) is 11.4. The normalized spacial score (nSPS) is 11.1. The molecule has 1 amide bonds. The van der Waals surface area contributed by atoms with Crippen molar-refractivity contribution in [3.63, 3.8) is 0 Å². The van der Waals surface area contributed by atoms with Crippen LogP contribution in [0.25, 0.3) is 10.9 Å². The maximum atomic E-state index is 11.4.